The van der Waals surface area contributed by atoms with Gasteiger partial charge in [0.05, 0.1) is 13.2 Å². The van der Waals surface area contributed by atoms with E-state index in [1.807, 2.05) is 64.1 Å². The Morgan fingerprint density at radius 2 is 1.70 bits per heavy atom. The molecular weight excluding hydrogens is 440 g/mol. The van der Waals surface area contributed by atoms with Crippen LogP contribution in [0, 0.1) is 0 Å². The molecule has 0 aliphatic carbocycles. The van der Waals surface area contributed by atoms with Crippen LogP contribution in [0.3, 0.4) is 0 Å². The van der Waals surface area contributed by atoms with E-state index in [1.165, 1.54) is 0 Å². The van der Waals surface area contributed by atoms with Gasteiger partial charge in [-0.2, -0.15) is 0 Å². The van der Waals surface area contributed by atoms with Crippen molar-refractivity contribution in [2.24, 2.45) is 0 Å². The predicted molar refractivity (Wildman–Crippen MR) is 132 cm³/mol. The molecule has 2 amide bonds. The van der Waals surface area contributed by atoms with Crippen LogP contribution in [0.2, 0.25) is 5.02 Å². The Labute approximate surface area is 202 Å². The summed E-state index contributed by atoms with van der Waals surface area (Å²) in [5, 5.41) is 3.43. The molecule has 0 spiro atoms. The molecule has 0 radical (unpaired) electrons. The van der Waals surface area contributed by atoms with Gasteiger partial charge in [-0.1, -0.05) is 42.8 Å². The van der Waals surface area contributed by atoms with E-state index in [-0.39, 0.29) is 24.8 Å². The van der Waals surface area contributed by atoms with E-state index in [9.17, 15) is 9.59 Å². The standard InChI is InChI=1S/C26H35ClN2O4/c1-5-22(26(31)28-6-2)29(18-20-11-9-10-12-21(20)27)25(30)16-14-19-13-15-23(32-7-3)24(17-19)33-8-4/h9-13,15,17,22H,5-8,14,16,18H2,1-4H3,(H,28,31). The van der Waals surface area contributed by atoms with Gasteiger partial charge in [0, 0.05) is 24.5 Å². The summed E-state index contributed by atoms with van der Waals surface area (Å²) in [5.41, 5.74) is 1.79. The van der Waals surface area contributed by atoms with E-state index in [4.69, 9.17) is 21.1 Å². The average Bonchev–Trinajstić information content (AvgIpc) is 2.80. The van der Waals surface area contributed by atoms with Crippen molar-refractivity contribution in [2.45, 2.75) is 59.5 Å². The first-order valence-electron chi connectivity index (χ1n) is 11.6. The van der Waals surface area contributed by atoms with Crippen LogP contribution in [-0.2, 0) is 22.6 Å². The first-order chi connectivity index (χ1) is 15.9. The maximum atomic E-state index is 13.4. The number of halogens is 1. The average molecular weight is 475 g/mol. The van der Waals surface area contributed by atoms with Gasteiger partial charge in [-0.15, -0.1) is 0 Å². The number of benzene rings is 2. The Bertz CT molecular complexity index is 919. The van der Waals surface area contributed by atoms with E-state index >= 15 is 0 Å². The topological polar surface area (TPSA) is 67.9 Å². The van der Waals surface area contributed by atoms with Gasteiger partial charge in [-0.05, 0) is 62.9 Å². The normalized spacial score (nSPS) is 11.5. The maximum absolute atomic E-state index is 13.4. The van der Waals surface area contributed by atoms with Crippen molar-refractivity contribution in [3.05, 3.63) is 58.6 Å². The minimum Gasteiger partial charge on any atom is -0.490 e. The van der Waals surface area contributed by atoms with Crippen molar-refractivity contribution in [3.8, 4) is 11.5 Å². The highest BCUT2D eigenvalue weighted by molar-refractivity contribution is 6.31. The minimum absolute atomic E-state index is 0.0973. The fraction of sp³-hybridized carbons (Fsp3) is 0.462. The Morgan fingerprint density at radius 3 is 2.33 bits per heavy atom. The highest BCUT2D eigenvalue weighted by Gasteiger charge is 2.28. The Morgan fingerprint density at radius 1 is 1.00 bits per heavy atom. The Kier molecular flexibility index (Phi) is 11.0. The highest BCUT2D eigenvalue weighted by Crippen LogP contribution is 2.29. The first-order valence-corrected chi connectivity index (χ1v) is 12.0. The van der Waals surface area contributed by atoms with Crippen LogP contribution >= 0.6 is 11.6 Å². The second-order valence-corrected chi connectivity index (χ2v) is 7.99. The molecule has 2 aromatic rings. The number of nitrogens with one attached hydrogen (secondary N) is 1. The summed E-state index contributed by atoms with van der Waals surface area (Å²) >= 11 is 6.36. The molecule has 0 heterocycles. The largest absolute Gasteiger partial charge is 0.490 e. The third-order valence-corrected chi connectivity index (χ3v) is 5.64. The quantitative estimate of drug-likeness (QED) is 0.443. The van der Waals surface area contributed by atoms with Crippen molar-refractivity contribution in [1.82, 2.24) is 10.2 Å². The number of aryl methyl sites for hydroxylation is 1. The number of hydrogen-bond acceptors (Lipinski definition) is 4. The molecule has 7 heteroatoms. The molecule has 2 aromatic carbocycles. The number of likely N-dealkylation sites (N-methyl/N-ethyl adjacent to an activating group) is 1. The van der Waals surface area contributed by atoms with Gasteiger partial charge in [0.2, 0.25) is 11.8 Å². The van der Waals surface area contributed by atoms with Crippen molar-refractivity contribution in [1.29, 1.82) is 0 Å². The molecule has 0 aliphatic heterocycles. The summed E-state index contributed by atoms with van der Waals surface area (Å²) in [5.74, 6) is 1.11. The summed E-state index contributed by atoms with van der Waals surface area (Å²) in [7, 11) is 0. The fourth-order valence-electron chi connectivity index (χ4n) is 3.67. The van der Waals surface area contributed by atoms with Gasteiger partial charge in [-0.25, -0.2) is 0 Å². The lowest BCUT2D eigenvalue weighted by Gasteiger charge is -2.31. The lowest BCUT2D eigenvalue weighted by atomic mass is 10.1. The van der Waals surface area contributed by atoms with Crippen molar-refractivity contribution < 1.29 is 19.1 Å². The number of amides is 2. The molecule has 1 unspecified atom stereocenters. The van der Waals surface area contributed by atoms with E-state index < -0.39 is 6.04 Å². The monoisotopic (exact) mass is 474 g/mol. The lowest BCUT2D eigenvalue weighted by molar-refractivity contribution is -0.141. The van der Waals surface area contributed by atoms with Gasteiger partial charge in [0.1, 0.15) is 6.04 Å². The van der Waals surface area contributed by atoms with Gasteiger partial charge in [0.15, 0.2) is 11.5 Å². The van der Waals surface area contributed by atoms with Crippen molar-refractivity contribution >= 4 is 23.4 Å². The lowest BCUT2D eigenvalue weighted by Crippen LogP contribution is -2.49. The molecule has 1 N–H and O–H groups in total. The molecule has 0 saturated carbocycles. The molecule has 6 nitrogen and oxygen atoms in total. The molecule has 2 rings (SSSR count). The van der Waals surface area contributed by atoms with Crippen molar-refractivity contribution in [3.63, 3.8) is 0 Å². The molecule has 180 valence electrons. The maximum Gasteiger partial charge on any atom is 0.242 e. The van der Waals surface area contributed by atoms with Crippen molar-refractivity contribution in [2.75, 3.05) is 19.8 Å². The number of nitrogens with zero attached hydrogens (tertiary/aromatic N) is 1. The van der Waals surface area contributed by atoms with Crippen LogP contribution < -0.4 is 14.8 Å². The van der Waals surface area contributed by atoms with Gasteiger partial charge < -0.3 is 19.7 Å². The molecular formula is C26H35ClN2O4. The zero-order valence-electron chi connectivity index (χ0n) is 20.0. The fourth-order valence-corrected chi connectivity index (χ4v) is 3.86. The van der Waals surface area contributed by atoms with Crippen LogP contribution in [0.15, 0.2) is 42.5 Å². The third kappa shape index (κ3) is 7.67. The zero-order valence-corrected chi connectivity index (χ0v) is 20.8. The molecule has 1 atom stereocenters. The van der Waals surface area contributed by atoms with E-state index in [2.05, 4.69) is 5.32 Å². The summed E-state index contributed by atoms with van der Waals surface area (Å²) in [6.07, 6.45) is 1.30. The predicted octanol–water partition coefficient (Wildman–Crippen LogP) is 5.01. The van der Waals surface area contributed by atoms with Crippen LogP contribution in [0.4, 0.5) is 0 Å². The van der Waals surface area contributed by atoms with Crippen LogP contribution in [0.5, 0.6) is 11.5 Å². The third-order valence-electron chi connectivity index (χ3n) is 5.27. The number of carbonyl (C=O) groups excluding carboxylic acids is 2. The smallest absolute Gasteiger partial charge is 0.242 e. The SMILES string of the molecule is CCNC(=O)C(CC)N(Cc1ccccc1Cl)C(=O)CCc1ccc(OCC)c(OCC)c1. The molecule has 0 bridgehead atoms. The van der Waals surface area contributed by atoms with Gasteiger partial charge >= 0.3 is 0 Å². The molecule has 0 saturated heterocycles. The van der Waals surface area contributed by atoms with E-state index in [0.29, 0.717) is 49.1 Å². The number of hydrogen-bond donors (Lipinski definition) is 1. The minimum atomic E-state index is -0.562. The van der Waals surface area contributed by atoms with E-state index in [0.717, 1.165) is 11.1 Å². The molecule has 0 aromatic heterocycles. The van der Waals surface area contributed by atoms with Crippen LogP contribution in [0.25, 0.3) is 0 Å². The summed E-state index contributed by atoms with van der Waals surface area (Å²) in [6, 6.07) is 12.6. The molecule has 0 aliphatic rings. The van der Waals surface area contributed by atoms with Gasteiger partial charge in [0.25, 0.3) is 0 Å². The number of carbonyl (C=O) groups is 2. The highest BCUT2D eigenvalue weighted by atomic mass is 35.5. The summed E-state index contributed by atoms with van der Waals surface area (Å²) in [6.45, 7) is 9.49. The molecule has 0 fully saturated rings. The van der Waals surface area contributed by atoms with Crippen LogP contribution in [0.1, 0.15) is 51.7 Å². The number of rotatable bonds is 13. The first kappa shape index (κ1) is 26.5. The second kappa shape index (κ2) is 13.7. The zero-order chi connectivity index (χ0) is 24.2. The number of ether oxygens (including phenoxy) is 2. The summed E-state index contributed by atoms with van der Waals surface area (Å²) < 4.78 is 11.3. The van der Waals surface area contributed by atoms with Gasteiger partial charge in [-0.3, -0.25) is 9.59 Å². The van der Waals surface area contributed by atoms with Crippen LogP contribution in [-0.4, -0.2) is 42.5 Å². The van der Waals surface area contributed by atoms with E-state index in [1.54, 1.807) is 11.0 Å². The second-order valence-electron chi connectivity index (χ2n) is 7.58. The molecule has 33 heavy (non-hydrogen) atoms. The Balaban J connectivity index is 2.22. The Hall–Kier alpha value is -2.73. The summed E-state index contributed by atoms with van der Waals surface area (Å²) in [4.78, 5) is 27.7.